The SMILES string of the molecule is CC(=O)Nc1ccc(O)cc1.NCCc1ccc(O)c(O)c1. The standard InChI is InChI=1S/C8H9NO2.C8H11NO2/c1-6(10)9-7-2-4-8(11)5-3-7;9-4-3-6-1-2-7(10)8(11)5-6/h2-5,11H,1H3,(H,9,10);1-2,5,10-11H,3-4,9H2. The van der Waals surface area contributed by atoms with Crippen LogP contribution < -0.4 is 11.1 Å². The number of rotatable bonds is 3. The first kappa shape index (κ1) is 17.3. The Bertz CT molecular complexity index is 612. The first-order chi connectivity index (χ1) is 10.4. The van der Waals surface area contributed by atoms with Gasteiger partial charge in [-0.15, -0.1) is 0 Å². The van der Waals surface area contributed by atoms with Gasteiger partial charge in [0.05, 0.1) is 0 Å². The lowest BCUT2D eigenvalue weighted by atomic mass is 10.1. The van der Waals surface area contributed by atoms with Crippen molar-refractivity contribution in [2.24, 2.45) is 5.73 Å². The zero-order valence-corrected chi connectivity index (χ0v) is 12.3. The zero-order chi connectivity index (χ0) is 16.5. The fraction of sp³-hybridized carbons (Fsp3) is 0.188. The van der Waals surface area contributed by atoms with Crippen molar-refractivity contribution >= 4 is 11.6 Å². The lowest BCUT2D eigenvalue weighted by Gasteiger charge is -2.00. The van der Waals surface area contributed by atoms with E-state index in [2.05, 4.69) is 5.32 Å². The summed E-state index contributed by atoms with van der Waals surface area (Å²) in [5.74, 6) is -0.100. The van der Waals surface area contributed by atoms with E-state index in [9.17, 15) is 4.79 Å². The quantitative estimate of drug-likeness (QED) is 0.439. The molecular formula is C16H20N2O4. The third-order valence-corrected chi connectivity index (χ3v) is 2.66. The van der Waals surface area contributed by atoms with Crippen LogP contribution in [0.2, 0.25) is 0 Å². The maximum absolute atomic E-state index is 10.5. The van der Waals surface area contributed by atoms with Gasteiger partial charge in [-0.2, -0.15) is 0 Å². The molecule has 2 aromatic carbocycles. The van der Waals surface area contributed by atoms with E-state index in [1.54, 1.807) is 18.2 Å². The third kappa shape index (κ3) is 6.15. The second-order valence-corrected chi connectivity index (χ2v) is 4.59. The Hall–Kier alpha value is -2.73. The number of anilines is 1. The molecule has 2 rings (SSSR count). The fourth-order valence-corrected chi connectivity index (χ4v) is 1.64. The van der Waals surface area contributed by atoms with Crippen LogP contribution in [0, 0.1) is 0 Å². The molecule has 0 aliphatic rings. The van der Waals surface area contributed by atoms with Crippen molar-refractivity contribution in [3.8, 4) is 17.2 Å². The van der Waals surface area contributed by atoms with E-state index < -0.39 is 0 Å². The number of hydrogen-bond acceptors (Lipinski definition) is 5. The van der Waals surface area contributed by atoms with Crippen molar-refractivity contribution in [3.05, 3.63) is 48.0 Å². The molecule has 0 fully saturated rings. The van der Waals surface area contributed by atoms with Gasteiger partial charge in [0.25, 0.3) is 0 Å². The molecule has 0 saturated heterocycles. The van der Waals surface area contributed by atoms with Crippen LogP contribution in [0.25, 0.3) is 0 Å². The molecule has 0 radical (unpaired) electrons. The Morgan fingerprint density at radius 2 is 1.68 bits per heavy atom. The number of carbonyl (C=O) groups is 1. The van der Waals surface area contributed by atoms with Gasteiger partial charge in [0, 0.05) is 12.6 Å². The predicted octanol–water partition coefficient (Wildman–Crippen LogP) is 1.95. The number of hydrogen-bond donors (Lipinski definition) is 5. The molecule has 6 nitrogen and oxygen atoms in total. The number of nitrogens with one attached hydrogen (secondary N) is 1. The van der Waals surface area contributed by atoms with E-state index >= 15 is 0 Å². The van der Waals surface area contributed by atoms with Gasteiger partial charge < -0.3 is 26.4 Å². The van der Waals surface area contributed by atoms with Gasteiger partial charge in [-0.05, 0) is 54.9 Å². The summed E-state index contributed by atoms with van der Waals surface area (Å²) >= 11 is 0. The van der Waals surface area contributed by atoms with Crippen LogP contribution in [0.4, 0.5) is 5.69 Å². The number of aromatic hydroxyl groups is 3. The van der Waals surface area contributed by atoms with Crippen LogP contribution in [0.5, 0.6) is 17.2 Å². The van der Waals surface area contributed by atoms with Crippen LogP contribution >= 0.6 is 0 Å². The second kappa shape index (κ2) is 8.53. The minimum absolute atomic E-state index is 0.0871. The number of amides is 1. The average molecular weight is 304 g/mol. The predicted molar refractivity (Wildman–Crippen MR) is 84.9 cm³/mol. The van der Waals surface area contributed by atoms with Crippen molar-refractivity contribution in [1.82, 2.24) is 0 Å². The summed E-state index contributed by atoms with van der Waals surface area (Å²) < 4.78 is 0. The summed E-state index contributed by atoms with van der Waals surface area (Å²) in [4.78, 5) is 10.5. The lowest BCUT2D eigenvalue weighted by molar-refractivity contribution is -0.114. The largest absolute Gasteiger partial charge is 0.508 e. The highest BCUT2D eigenvalue weighted by Gasteiger charge is 1.98. The molecule has 0 spiro atoms. The maximum Gasteiger partial charge on any atom is 0.221 e. The number of phenols is 3. The van der Waals surface area contributed by atoms with E-state index in [1.807, 2.05) is 0 Å². The van der Waals surface area contributed by atoms with Crippen molar-refractivity contribution in [1.29, 1.82) is 0 Å². The summed E-state index contributed by atoms with van der Waals surface area (Å²) in [6, 6.07) is 11.0. The van der Waals surface area contributed by atoms with Gasteiger partial charge in [0.15, 0.2) is 11.5 Å². The number of benzene rings is 2. The molecule has 0 aliphatic heterocycles. The molecule has 0 bridgehead atoms. The van der Waals surface area contributed by atoms with Crippen molar-refractivity contribution in [3.63, 3.8) is 0 Å². The van der Waals surface area contributed by atoms with Crippen molar-refractivity contribution in [2.75, 3.05) is 11.9 Å². The van der Waals surface area contributed by atoms with Gasteiger partial charge in [-0.3, -0.25) is 4.79 Å². The highest BCUT2D eigenvalue weighted by Crippen LogP contribution is 2.24. The first-order valence-corrected chi connectivity index (χ1v) is 6.70. The molecule has 6 heteroatoms. The van der Waals surface area contributed by atoms with Crippen LogP contribution in [0.15, 0.2) is 42.5 Å². The summed E-state index contributed by atoms with van der Waals surface area (Å²) in [6.07, 6.45) is 0.716. The lowest BCUT2D eigenvalue weighted by Crippen LogP contribution is -2.04. The second-order valence-electron chi connectivity index (χ2n) is 4.59. The van der Waals surface area contributed by atoms with Gasteiger partial charge >= 0.3 is 0 Å². The monoisotopic (exact) mass is 304 g/mol. The summed E-state index contributed by atoms with van der Waals surface area (Å²) in [6.45, 7) is 1.98. The van der Waals surface area contributed by atoms with Crippen LogP contribution in [-0.2, 0) is 11.2 Å². The molecular weight excluding hydrogens is 284 g/mol. The summed E-state index contributed by atoms with van der Waals surface area (Å²) in [7, 11) is 0. The number of nitrogens with two attached hydrogens (primary N) is 1. The summed E-state index contributed by atoms with van der Waals surface area (Å²) in [5, 5.41) is 29.4. The van der Waals surface area contributed by atoms with Gasteiger partial charge in [0.1, 0.15) is 5.75 Å². The van der Waals surface area contributed by atoms with Crippen molar-refractivity contribution in [2.45, 2.75) is 13.3 Å². The Morgan fingerprint density at radius 3 is 2.18 bits per heavy atom. The van der Waals surface area contributed by atoms with E-state index in [1.165, 1.54) is 31.2 Å². The van der Waals surface area contributed by atoms with Gasteiger partial charge in [-0.25, -0.2) is 0 Å². The molecule has 1 amide bonds. The summed E-state index contributed by atoms with van der Waals surface area (Å²) in [5.41, 5.74) is 6.93. The van der Waals surface area contributed by atoms with Gasteiger partial charge in [-0.1, -0.05) is 6.07 Å². The van der Waals surface area contributed by atoms with Crippen LogP contribution in [0.3, 0.4) is 0 Å². The Balaban J connectivity index is 0.000000220. The zero-order valence-electron chi connectivity index (χ0n) is 12.3. The van der Waals surface area contributed by atoms with E-state index in [0.717, 1.165) is 5.56 Å². The molecule has 0 aromatic heterocycles. The van der Waals surface area contributed by atoms with E-state index in [-0.39, 0.29) is 23.2 Å². The average Bonchev–Trinajstić information content (AvgIpc) is 2.46. The Morgan fingerprint density at radius 1 is 1.05 bits per heavy atom. The molecule has 22 heavy (non-hydrogen) atoms. The first-order valence-electron chi connectivity index (χ1n) is 6.70. The minimum atomic E-state index is -0.115. The third-order valence-electron chi connectivity index (χ3n) is 2.66. The molecule has 2 aromatic rings. The topological polar surface area (TPSA) is 116 Å². The molecule has 0 unspecified atom stereocenters. The molecule has 0 aliphatic carbocycles. The van der Waals surface area contributed by atoms with E-state index in [0.29, 0.717) is 18.7 Å². The number of carbonyl (C=O) groups excluding carboxylic acids is 1. The highest BCUT2D eigenvalue weighted by atomic mass is 16.3. The smallest absolute Gasteiger partial charge is 0.221 e. The molecule has 6 N–H and O–H groups in total. The number of phenolic OH excluding ortho intramolecular Hbond substituents is 3. The highest BCUT2D eigenvalue weighted by molar-refractivity contribution is 5.88. The Kier molecular flexibility index (Phi) is 6.72. The molecule has 0 heterocycles. The molecule has 118 valence electrons. The van der Waals surface area contributed by atoms with E-state index in [4.69, 9.17) is 21.1 Å². The maximum atomic E-state index is 10.5. The minimum Gasteiger partial charge on any atom is -0.508 e. The Labute approximate surface area is 128 Å². The van der Waals surface area contributed by atoms with Crippen LogP contribution in [0.1, 0.15) is 12.5 Å². The van der Waals surface area contributed by atoms with Crippen molar-refractivity contribution < 1.29 is 20.1 Å². The molecule has 0 atom stereocenters. The molecule has 0 saturated carbocycles. The fourth-order valence-electron chi connectivity index (χ4n) is 1.64. The van der Waals surface area contributed by atoms with Gasteiger partial charge in [0.2, 0.25) is 5.91 Å². The van der Waals surface area contributed by atoms with Crippen LogP contribution in [-0.4, -0.2) is 27.8 Å². The normalized spacial score (nSPS) is 9.55.